The van der Waals surface area contributed by atoms with Gasteiger partial charge in [-0.2, -0.15) is 0 Å². The van der Waals surface area contributed by atoms with E-state index in [9.17, 15) is 0 Å². The maximum atomic E-state index is 4.42. The van der Waals surface area contributed by atoms with Gasteiger partial charge in [0.05, 0.1) is 0 Å². The van der Waals surface area contributed by atoms with Crippen LogP contribution in [0.1, 0.15) is 84.3 Å². The molecular formula is C18H32N2. The van der Waals surface area contributed by atoms with Gasteiger partial charge >= 0.3 is 0 Å². The molecule has 0 radical (unpaired) electrons. The van der Waals surface area contributed by atoms with Gasteiger partial charge in [-0.05, 0) is 30.7 Å². The van der Waals surface area contributed by atoms with Crippen molar-refractivity contribution in [1.82, 2.24) is 9.97 Å². The maximum absolute atomic E-state index is 4.42. The van der Waals surface area contributed by atoms with Crippen molar-refractivity contribution in [2.24, 2.45) is 5.41 Å². The summed E-state index contributed by atoms with van der Waals surface area (Å²) in [4.78, 5) is 8.44. The average molecular weight is 276 g/mol. The van der Waals surface area contributed by atoms with E-state index >= 15 is 0 Å². The summed E-state index contributed by atoms with van der Waals surface area (Å²) < 4.78 is 0. The molecule has 1 unspecified atom stereocenters. The van der Waals surface area contributed by atoms with Gasteiger partial charge in [0.25, 0.3) is 0 Å². The van der Waals surface area contributed by atoms with Crippen LogP contribution in [0.15, 0.2) is 18.6 Å². The first-order valence-corrected chi connectivity index (χ1v) is 8.45. The van der Waals surface area contributed by atoms with Gasteiger partial charge in [0.2, 0.25) is 0 Å². The van der Waals surface area contributed by atoms with Crippen molar-refractivity contribution in [3.05, 3.63) is 24.3 Å². The van der Waals surface area contributed by atoms with E-state index in [1.165, 1.54) is 63.5 Å². The predicted octanol–water partition coefficient (Wildman–Crippen LogP) is 5.58. The van der Waals surface area contributed by atoms with Gasteiger partial charge in [-0.25, -0.2) is 9.97 Å². The predicted molar refractivity (Wildman–Crippen MR) is 86.7 cm³/mol. The summed E-state index contributed by atoms with van der Waals surface area (Å²) in [5.41, 5.74) is 1.61. The SMILES string of the molecule is CCCCCCCC(C)(CCCC)Cc1ccncn1. The van der Waals surface area contributed by atoms with Crippen LogP contribution in [0, 0.1) is 5.41 Å². The van der Waals surface area contributed by atoms with E-state index < -0.39 is 0 Å². The molecule has 1 aromatic rings. The Morgan fingerprint density at radius 2 is 1.65 bits per heavy atom. The van der Waals surface area contributed by atoms with Crippen molar-refractivity contribution in [1.29, 1.82) is 0 Å². The topological polar surface area (TPSA) is 25.8 Å². The van der Waals surface area contributed by atoms with Crippen molar-refractivity contribution >= 4 is 0 Å². The van der Waals surface area contributed by atoms with Gasteiger partial charge in [0.15, 0.2) is 0 Å². The lowest BCUT2D eigenvalue weighted by Gasteiger charge is -2.29. The zero-order chi connectivity index (χ0) is 14.7. The lowest BCUT2D eigenvalue weighted by atomic mass is 9.76. The van der Waals surface area contributed by atoms with E-state index in [1.54, 1.807) is 6.33 Å². The highest BCUT2D eigenvalue weighted by Crippen LogP contribution is 2.34. The molecule has 114 valence electrons. The van der Waals surface area contributed by atoms with Crippen LogP contribution in [0.25, 0.3) is 0 Å². The molecule has 0 bridgehead atoms. The first-order chi connectivity index (χ1) is 9.70. The van der Waals surface area contributed by atoms with Gasteiger partial charge in [0.1, 0.15) is 6.33 Å². The van der Waals surface area contributed by atoms with Crippen LogP contribution in [0.5, 0.6) is 0 Å². The van der Waals surface area contributed by atoms with Crippen LogP contribution < -0.4 is 0 Å². The minimum atomic E-state index is 0.413. The smallest absolute Gasteiger partial charge is 0.115 e. The molecule has 0 N–H and O–H groups in total. The summed E-state index contributed by atoms with van der Waals surface area (Å²) in [5, 5.41) is 0. The average Bonchev–Trinajstić information content (AvgIpc) is 2.46. The largest absolute Gasteiger partial charge is 0.245 e. The monoisotopic (exact) mass is 276 g/mol. The molecule has 1 atom stereocenters. The molecule has 0 saturated carbocycles. The second kappa shape index (κ2) is 9.90. The second-order valence-electron chi connectivity index (χ2n) is 6.46. The normalized spacial score (nSPS) is 14.2. The number of hydrogen-bond acceptors (Lipinski definition) is 2. The summed E-state index contributed by atoms with van der Waals surface area (Å²) in [6, 6.07) is 2.07. The molecule has 0 aliphatic carbocycles. The van der Waals surface area contributed by atoms with E-state index in [0.717, 1.165) is 6.42 Å². The summed E-state index contributed by atoms with van der Waals surface area (Å²) in [6.07, 6.45) is 16.8. The summed E-state index contributed by atoms with van der Waals surface area (Å²) in [7, 11) is 0. The fourth-order valence-electron chi connectivity index (χ4n) is 2.92. The van der Waals surface area contributed by atoms with Gasteiger partial charge in [-0.1, -0.05) is 65.7 Å². The number of aromatic nitrogens is 2. The molecular weight excluding hydrogens is 244 g/mol. The number of rotatable bonds is 11. The van der Waals surface area contributed by atoms with E-state index in [4.69, 9.17) is 0 Å². The van der Waals surface area contributed by atoms with Crippen molar-refractivity contribution in [2.75, 3.05) is 0 Å². The summed E-state index contributed by atoms with van der Waals surface area (Å²) >= 11 is 0. The van der Waals surface area contributed by atoms with Gasteiger partial charge < -0.3 is 0 Å². The van der Waals surface area contributed by atoms with Gasteiger partial charge in [-0.15, -0.1) is 0 Å². The Balaban J connectivity index is 2.47. The maximum Gasteiger partial charge on any atom is 0.115 e. The van der Waals surface area contributed by atoms with Crippen molar-refractivity contribution in [3.63, 3.8) is 0 Å². The molecule has 1 heterocycles. The Labute approximate surface area is 125 Å². The zero-order valence-corrected chi connectivity index (χ0v) is 13.7. The Morgan fingerprint density at radius 3 is 2.30 bits per heavy atom. The first kappa shape index (κ1) is 17.1. The summed E-state index contributed by atoms with van der Waals surface area (Å²) in [5.74, 6) is 0. The van der Waals surface area contributed by atoms with Crippen molar-refractivity contribution < 1.29 is 0 Å². The highest BCUT2D eigenvalue weighted by Gasteiger charge is 2.24. The van der Waals surface area contributed by atoms with Crippen LogP contribution in [0.3, 0.4) is 0 Å². The van der Waals surface area contributed by atoms with Crippen LogP contribution in [-0.2, 0) is 6.42 Å². The Kier molecular flexibility index (Phi) is 8.48. The molecule has 1 aromatic heterocycles. The minimum absolute atomic E-state index is 0.413. The second-order valence-corrected chi connectivity index (χ2v) is 6.46. The van der Waals surface area contributed by atoms with E-state index in [1.807, 2.05) is 6.20 Å². The zero-order valence-electron chi connectivity index (χ0n) is 13.7. The lowest BCUT2D eigenvalue weighted by Crippen LogP contribution is -2.20. The number of unbranched alkanes of at least 4 members (excludes halogenated alkanes) is 5. The van der Waals surface area contributed by atoms with E-state index in [0.29, 0.717) is 5.41 Å². The van der Waals surface area contributed by atoms with Gasteiger partial charge in [0, 0.05) is 11.9 Å². The Morgan fingerprint density at radius 1 is 0.950 bits per heavy atom. The molecule has 1 rings (SSSR count). The van der Waals surface area contributed by atoms with Gasteiger partial charge in [-0.3, -0.25) is 0 Å². The quantitative estimate of drug-likeness (QED) is 0.493. The molecule has 0 aliphatic rings. The molecule has 2 nitrogen and oxygen atoms in total. The third-order valence-electron chi connectivity index (χ3n) is 4.27. The molecule has 0 fully saturated rings. The number of nitrogens with zero attached hydrogens (tertiary/aromatic N) is 2. The van der Waals surface area contributed by atoms with E-state index in [2.05, 4.69) is 36.8 Å². The molecule has 0 aliphatic heterocycles. The molecule has 20 heavy (non-hydrogen) atoms. The fourth-order valence-corrected chi connectivity index (χ4v) is 2.92. The Bertz CT molecular complexity index is 337. The van der Waals surface area contributed by atoms with Crippen LogP contribution in [-0.4, -0.2) is 9.97 Å². The van der Waals surface area contributed by atoms with E-state index in [-0.39, 0.29) is 0 Å². The van der Waals surface area contributed by atoms with Crippen LogP contribution in [0.4, 0.5) is 0 Å². The first-order valence-electron chi connectivity index (χ1n) is 8.45. The molecule has 0 aromatic carbocycles. The molecule has 0 amide bonds. The highest BCUT2D eigenvalue weighted by molar-refractivity contribution is 5.01. The molecule has 0 spiro atoms. The minimum Gasteiger partial charge on any atom is -0.245 e. The molecule has 2 heteroatoms. The van der Waals surface area contributed by atoms with Crippen molar-refractivity contribution in [2.45, 2.75) is 85.0 Å². The molecule has 0 saturated heterocycles. The third-order valence-corrected chi connectivity index (χ3v) is 4.27. The van der Waals surface area contributed by atoms with Crippen LogP contribution >= 0.6 is 0 Å². The standard InChI is InChI=1S/C18H32N2/c1-4-6-8-9-10-13-18(3,12-7-5-2)15-17-11-14-19-16-20-17/h11,14,16H,4-10,12-13,15H2,1-3H3. The number of hydrogen-bond donors (Lipinski definition) is 0. The van der Waals surface area contributed by atoms with Crippen LogP contribution in [0.2, 0.25) is 0 Å². The lowest BCUT2D eigenvalue weighted by molar-refractivity contribution is 0.249. The summed E-state index contributed by atoms with van der Waals surface area (Å²) in [6.45, 7) is 7.01. The fraction of sp³-hybridized carbons (Fsp3) is 0.778. The van der Waals surface area contributed by atoms with Crippen molar-refractivity contribution in [3.8, 4) is 0 Å². The highest BCUT2D eigenvalue weighted by atomic mass is 14.8. The Hall–Kier alpha value is -0.920. The third kappa shape index (κ3) is 7.02.